The molecule has 0 saturated carbocycles. The summed E-state index contributed by atoms with van der Waals surface area (Å²) in [6.45, 7) is 2.95. The smallest absolute Gasteiger partial charge is 0.303 e. The first kappa shape index (κ1) is 27.3. The molecule has 1 fully saturated rings. The third-order valence-corrected chi connectivity index (χ3v) is 8.37. The molecule has 0 radical (unpaired) electrons. The number of aromatic nitrogens is 3. The zero-order valence-corrected chi connectivity index (χ0v) is 22.1. The van der Waals surface area contributed by atoms with Gasteiger partial charge in [0, 0.05) is 29.4 Å². The van der Waals surface area contributed by atoms with E-state index in [4.69, 9.17) is 4.74 Å². The van der Waals surface area contributed by atoms with Crippen molar-refractivity contribution in [3.8, 4) is 5.75 Å². The van der Waals surface area contributed by atoms with Gasteiger partial charge in [0.1, 0.15) is 5.75 Å². The Morgan fingerprint density at radius 1 is 1.19 bits per heavy atom. The molecule has 3 aromatic rings. The lowest BCUT2D eigenvalue weighted by atomic mass is 9.79. The number of ether oxygens (including phenoxy) is 1. The Kier molecular flexibility index (Phi) is 10.1. The minimum Gasteiger partial charge on any atom is -0.497 e. The quantitative estimate of drug-likeness (QED) is 0.240. The van der Waals surface area contributed by atoms with Crippen LogP contribution in [0.3, 0.4) is 0 Å². The summed E-state index contributed by atoms with van der Waals surface area (Å²) in [5, 5.41) is 29.1. The number of aliphatic hydroxyl groups excluding tert-OH is 1. The molecule has 0 aliphatic carbocycles. The van der Waals surface area contributed by atoms with Crippen molar-refractivity contribution in [3.05, 3.63) is 54.5 Å². The van der Waals surface area contributed by atoms with Crippen molar-refractivity contribution in [2.75, 3.05) is 32.5 Å². The fraction of sp³-hybridized carbons (Fsp3) is 0.500. The van der Waals surface area contributed by atoms with E-state index in [0.29, 0.717) is 24.7 Å². The van der Waals surface area contributed by atoms with Crippen LogP contribution in [0, 0.1) is 11.8 Å². The zero-order valence-electron chi connectivity index (χ0n) is 21.3. The molecule has 8 nitrogen and oxygen atoms in total. The molecular weight excluding hydrogens is 488 g/mol. The number of carboxylic acids is 1. The van der Waals surface area contributed by atoms with Gasteiger partial charge in [0.25, 0.3) is 0 Å². The molecule has 1 aliphatic rings. The second kappa shape index (κ2) is 13.7. The van der Waals surface area contributed by atoms with Crippen LogP contribution in [-0.4, -0.2) is 68.8 Å². The van der Waals surface area contributed by atoms with Crippen LogP contribution in [0.5, 0.6) is 5.75 Å². The minimum absolute atomic E-state index is 0.192. The van der Waals surface area contributed by atoms with Gasteiger partial charge in [0.2, 0.25) is 0 Å². The first-order valence-electron chi connectivity index (χ1n) is 13.0. The summed E-state index contributed by atoms with van der Waals surface area (Å²) in [6, 6.07) is 9.58. The highest BCUT2D eigenvalue weighted by Crippen LogP contribution is 2.35. The van der Waals surface area contributed by atoms with Crippen molar-refractivity contribution in [2.45, 2.75) is 49.5 Å². The standard InChI is InChI=1S/C28H36N4O4S/c1-36-22-5-6-26-25(17-22)24(10-12-29-26)27(33)7-3-20-11-15-32(19-21(20)4-8-28(34)35)14-2-16-37-23-9-13-30-31-18-23/h5-6,9-10,12-13,17-18,20-21,27,33H,2-4,7-8,11,14-16,19H2,1H3,(H,34,35)/t20?,21?,27-/m0/s1. The van der Waals surface area contributed by atoms with E-state index in [2.05, 4.69) is 20.1 Å². The highest BCUT2D eigenvalue weighted by molar-refractivity contribution is 7.99. The molecule has 1 aliphatic heterocycles. The second-order valence-electron chi connectivity index (χ2n) is 9.70. The number of aliphatic hydroxyl groups is 1. The first-order valence-corrected chi connectivity index (χ1v) is 14.0. The maximum Gasteiger partial charge on any atom is 0.303 e. The van der Waals surface area contributed by atoms with Gasteiger partial charge >= 0.3 is 5.97 Å². The predicted molar refractivity (Wildman–Crippen MR) is 145 cm³/mol. The van der Waals surface area contributed by atoms with E-state index in [1.54, 1.807) is 37.5 Å². The van der Waals surface area contributed by atoms with Crippen molar-refractivity contribution in [1.82, 2.24) is 20.1 Å². The molecule has 2 aromatic heterocycles. The number of methoxy groups -OCH3 is 1. The molecule has 2 unspecified atom stereocenters. The molecule has 2 N–H and O–H groups in total. The Morgan fingerprint density at radius 2 is 2.08 bits per heavy atom. The Labute approximate surface area is 222 Å². The van der Waals surface area contributed by atoms with Crippen molar-refractivity contribution in [2.24, 2.45) is 11.8 Å². The number of thioether (sulfide) groups is 1. The molecule has 3 atom stereocenters. The number of hydrogen-bond acceptors (Lipinski definition) is 8. The highest BCUT2D eigenvalue weighted by Gasteiger charge is 2.30. The van der Waals surface area contributed by atoms with Crippen molar-refractivity contribution in [1.29, 1.82) is 0 Å². The monoisotopic (exact) mass is 524 g/mol. The zero-order chi connectivity index (χ0) is 26.0. The number of likely N-dealkylation sites (tertiary alicyclic amines) is 1. The van der Waals surface area contributed by atoms with Crippen LogP contribution < -0.4 is 4.74 Å². The molecule has 9 heteroatoms. The lowest BCUT2D eigenvalue weighted by Gasteiger charge is -2.39. The summed E-state index contributed by atoms with van der Waals surface area (Å²) in [5.41, 5.74) is 1.70. The van der Waals surface area contributed by atoms with Crippen LogP contribution in [-0.2, 0) is 4.79 Å². The Hall–Kier alpha value is -2.75. The molecule has 4 rings (SSSR count). The summed E-state index contributed by atoms with van der Waals surface area (Å²) < 4.78 is 5.37. The van der Waals surface area contributed by atoms with E-state index >= 15 is 0 Å². The molecule has 0 amide bonds. The number of fused-ring (bicyclic) bond motifs is 1. The SMILES string of the molecule is COc1ccc2nccc([C@@H](O)CCC3CCN(CCCSc4ccnnc4)CC3CCC(=O)O)c2c1. The van der Waals surface area contributed by atoms with Crippen LogP contribution in [0.4, 0.5) is 0 Å². The lowest BCUT2D eigenvalue weighted by molar-refractivity contribution is -0.137. The number of nitrogens with zero attached hydrogens (tertiary/aromatic N) is 4. The van der Waals surface area contributed by atoms with E-state index < -0.39 is 12.1 Å². The summed E-state index contributed by atoms with van der Waals surface area (Å²) in [6.07, 6.45) is 9.13. The van der Waals surface area contributed by atoms with Gasteiger partial charge in [0.15, 0.2) is 0 Å². The summed E-state index contributed by atoms with van der Waals surface area (Å²) in [5.74, 6) is 1.75. The number of hydrogen-bond donors (Lipinski definition) is 2. The fourth-order valence-electron chi connectivity index (χ4n) is 5.31. The topological polar surface area (TPSA) is 109 Å². The van der Waals surface area contributed by atoms with Crippen molar-refractivity contribution < 1.29 is 19.7 Å². The number of rotatable bonds is 13. The van der Waals surface area contributed by atoms with E-state index in [9.17, 15) is 15.0 Å². The predicted octanol–water partition coefficient (Wildman–Crippen LogP) is 4.83. The third kappa shape index (κ3) is 7.87. The number of pyridine rings is 1. The van der Waals surface area contributed by atoms with Crippen molar-refractivity contribution >= 4 is 28.6 Å². The average molecular weight is 525 g/mol. The van der Waals surface area contributed by atoms with Crippen molar-refractivity contribution in [3.63, 3.8) is 0 Å². The molecule has 0 spiro atoms. The number of benzene rings is 1. The van der Waals surface area contributed by atoms with Gasteiger partial charge in [-0.25, -0.2) is 0 Å². The summed E-state index contributed by atoms with van der Waals surface area (Å²) >= 11 is 1.79. The van der Waals surface area contributed by atoms with Crippen LogP contribution in [0.2, 0.25) is 0 Å². The third-order valence-electron chi connectivity index (χ3n) is 7.30. The molecule has 0 bridgehead atoms. The maximum atomic E-state index is 11.3. The molecular formula is C28H36N4O4S. The van der Waals surface area contributed by atoms with E-state index in [-0.39, 0.29) is 6.42 Å². The van der Waals surface area contributed by atoms with Gasteiger partial charge in [-0.3, -0.25) is 9.78 Å². The van der Waals surface area contributed by atoms with Gasteiger partial charge in [-0.1, -0.05) is 0 Å². The lowest BCUT2D eigenvalue weighted by Crippen LogP contribution is -2.41. The normalized spacial score (nSPS) is 19.1. The largest absolute Gasteiger partial charge is 0.497 e. The number of carbonyl (C=O) groups is 1. The molecule has 1 saturated heterocycles. The average Bonchev–Trinajstić information content (AvgIpc) is 2.93. The molecule has 37 heavy (non-hydrogen) atoms. The van der Waals surface area contributed by atoms with Gasteiger partial charge in [-0.15, -0.1) is 11.8 Å². The van der Waals surface area contributed by atoms with Crippen LogP contribution in [0.15, 0.2) is 53.8 Å². The Bertz CT molecular complexity index is 1150. The minimum atomic E-state index is -0.740. The van der Waals surface area contributed by atoms with Crippen LogP contribution in [0.1, 0.15) is 50.2 Å². The summed E-state index contributed by atoms with van der Waals surface area (Å²) in [4.78, 5) is 19.4. The molecule has 1 aromatic carbocycles. The van der Waals surface area contributed by atoms with E-state index in [1.165, 1.54) is 0 Å². The highest BCUT2D eigenvalue weighted by atomic mass is 32.2. The maximum absolute atomic E-state index is 11.3. The van der Waals surface area contributed by atoms with Gasteiger partial charge in [0.05, 0.1) is 31.1 Å². The number of aliphatic carboxylic acids is 1. The number of carboxylic acid groups (broad SMARTS) is 1. The van der Waals surface area contributed by atoms with Gasteiger partial charge in [-0.2, -0.15) is 10.2 Å². The summed E-state index contributed by atoms with van der Waals surface area (Å²) in [7, 11) is 1.63. The molecule has 198 valence electrons. The fourth-order valence-corrected chi connectivity index (χ4v) is 6.10. The molecule has 3 heterocycles. The van der Waals surface area contributed by atoms with Gasteiger partial charge < -0.3 is 19.8 Å². The van der Waals surface area contributed by atoms with Crippen LogP contribution in [0.25, 0.3) is 10.9 Å². The van der Waals surface area contributed by atoms with Gasteiger partial charge in [-0.05, 0) is 98.7 Å². The Balaban J connectivity index is 1.32. The number of piperidine rings is 1. The van der Waals surface area contributed by atoms with E-state index in [1.807, 2.05) is 30.3 Å². The van der Waals surface area contributed by atoms with E-state index in [0.717, 1.165) is 71.8 Å². The second-order valence-corrected chi connectivity index (χ2v) is 10.9. The van der Waals surface area contributed by atoms with Crippen LogP contribution >= 0.6 is 11.8 Å². The first-order chi connectivity index (χ1) is 18.0. The Morgan fingerprint density at radius 3 is 2.86 bits per heavy atom.